The Hall–Kier alpha value is -0.340. The van der Waals surface area contributed by atoms with E-state index in [1.54, 1.807) is 0 Å². The maximum atomic E-state index is 2.30. The maximum absolute atomic E-state index is 2.30. The van der Waals surface area contributed by atoms with Gasteiger partial charge in [0.25, 0.3) is 0 Å². The van der Waals surface area contributed by atoms with Crippen LogP contribution in [-0.4, -0.2) is 5.75 Å². The number of hydrogen-bond acceptors (Lipinski definition) is 2. The predicted octanol–water partition coefficient (Wildman–Crippen LogP) is 4.12. The van der Waals surface area contributed by atoms with Crippen molar-refractivity contribution in [1.82, 2.24) is 0 Å². The second-order valence-corrected chi connectivity index (χ2v) is 5.72. The summed E-state index contributed by atoms with van der Waals surface area (Å²) in [5.41, 5.74) is 2.66. The van der Waals surface area contributed by atoms with Crippen LogP contribution in [0.25, 0.3) is 6.08 Å². The highest BCUT2D eigenvalue weighted by Gasteiger charge is 2.07. The van der Waals surface area contributed by atoms with Crippen molar-refractivity contribution in [3.05, 3.63) is 40.3 Å². The zero-order valence-corrected chi connectivity index (χ0v) is 9.25. The number of benzene rings is 1. The topological polar surface area (TPSA) is 0 Å². The Labute approximate surface area is 87.2 Å². The quantitative estimate of drug-likeness (QED) is 0.637. The molecular formula is C11H12S2. The van der Waals surface area contributed by atoms with Gasteiger partial charge in [0.1, 0.15) is 0 Å². The molecule has 0 atom stereocenters. The Morgan fingerprint density at radius 1 is 1.23 bits per heavy atom. The van der Waals surface area contributed by atoms with Gasteiger partial charge in [-0.3, -0.25) is 0 Å². The minimum atomic E-state index is 1.24. The third-order valence-corrected chi connectivity index (χ3v) is 4.52. The summed E-state index contributed by atoms with van der Waals surface area (Å²) in [7, 11) is 3.87. The van der Waals surface area contributed by atoms with Gasteiger partial charge >= 0.3 is 0 Å². The monoisotopic (exact) mass is 208 g/mol. The first-order chi connectivity index (χ1) is 6.34. The first kappa shape index (κ1) is 9.22. The number of allylic oxidation sites excluding steroid dienone is 1. The Bertz CT molecular complexity index is 303. The molecule has 68 valence electrons. The number of hydrogen-bond donors (Lipinski definition) is 0. The van der Waals surface area contributed by atoms with Crippen molar-refractivity contribution >= 4 is 27.7 Å². The largest absolute Gasteiger partial charge is 0.0889 e. The van der Waals surface area contributed by atoms with Crippen LogP contribution >= 0.6 is 21.6 Å². The molecule has 0 nitrogen and oxygen atoms in total. The van der Waals surface area contributed by atoms with Crippen LogP contribution in [0.3, 0.4) is 0 Å². The molecule has 0 aliphatic carbocycles. The van der Waals surface area contributed by atoms with Gasteiger partial charge in [-0.1, -0.05) is 51.4 Å². The second-order valence-electron chi connectivity index (χ2n) is 3.18. The average molecular weight is 208 g/mol. The molecular weight excluding hydrogens is 196 g/mol. The molecule has 1 aromatic rings. The third-order valence-electron chi connectivity index (χ3n) is 2.00. The van der Waals surface area contributed by atoms with Crippen molar-refractivity contribution in [3.63, 3.8) is 0 Å². The van der Waals surface area contributed by atoms with E-state index in [0.29, 0.717) is 0 Å². The normalized spacial score (nSPS) is 19.6. The molecule has 0 bridgehead atoms. The molecule has 0 saturated carbocycles. The molecule has 0 radical (unpaired) electrons. The van der Waals surface area contributed by atoms with Gasteiger partial charge in [0.05, 0.1) is 0 Å². The number of aryl methyl sites for hydroxylation is 1. The van der Waals surface area contributed by atoms with Gasteiger partial charge in [-0.2, -0.15) is 0 Å². The molecule has 0 unspecified atom stereocenters. The van der Waals surface area contributed by atoms with Gasteiger partial charge in [0, 0.05) is 5.75 Å². The summed E-state index contributed by atoms with van der Waals surface area (Å²) in [6.45, 7) is 2.12. The number of rotatable bonds is 1. The van der Waals surface area contributed by atoms with Crippen LogP contribution in [0.5, 0.6) is 0 Å². The Morgan fingerprint density at radius 3 is 2.62 bits per heavy atom. The van der Waals surface area contributed by atoms with Crippen LogP contribution in [0.15, 0.2) is 29.2 Å². The maximum Gasteiger partial charge on any atom is 0.00861 e. The Morgan fingerprint density at radius 2 is 2.00 bits per heavy atom. The van der Waals surface area contributed by atoms with Crippen molar-refractivity contribution in [2.75, 3.05) is 5.75 Å². The van der Waals surface area contributed by atoms with E-state index in [4.69, 9.17) is 0 Å². The van der Waals surface area contributed by atoms with Crippen LogP contribution in [0.4, 0.5) is 0 Å². The Balaban J connectivity index is 2.17. The van der Waals surface area contributed by atoms with Crippen LogP contribution < -0.4 is 0 Å². The molecule has 2 heteroatoms. The molecule has 1 saturated heterocycles. The van der Waals surface area contributed by atoms with Crippen LogP contribution in [-0.2, 0) is 0 Å². The van der Waals surface area contributed by atoms with E-state index in [-0.39, 0.29) is 0 Å². The highest BCUT2D eigenvalue weighted by molar-refractivity contribution is 8.78. The summed E-state index contributed by atoms with van der Waals surface area (Å²) in [4.78, 5) is 1.51. The molecule has 2 rings (SSSR count). The fraction of sp³-hybridized carbons (Fsp3) is 0.273. The summed E-state index contributed by atoms with van der Waals surface area (Å²) in [6, 6.07) is 8.70. The van der Waals surface area contributed by atoms with Crippen molar-refractivity contribution < 1.29 is 0 Å². The van der Waals surface area contributed by atoms with Crippen molar-refractivity contribution in [2.45, 2.75) is 13.3 Å². The molecule has 0 spiro atoms. The van der Waals surface area contributed by atoms with Gasteiger partial charge < -0.3 is 0 Å². The second kappa shape index (κ2) is 4.25. The molecule has 0 aromatic heterocycles. The van der Waals surface area contributed by atoms with E-state index in [1.807, 2.05) is 21.6 Å². The molecule has 13 heavy (non-hydrogen) atoms. The van der Waals surface area contributed by atoms with Gasteiger partial charge in [-0.25, -0.2) is 0 Å². The fourth-order valence-corrected chi connectivity index (χ4v) is 3.63. The minimum absolute atomic E-state index is 1.24. The lowest BCUT2D eigenvalue weighted by molar-refractivity contribution is 1.25. The Kier molecular flexibility index (Phi) is 3.01. The van der Waals surface area contributed by atoms with Crippen LogP contribution in [0.1, 0.15) is 17.5 Å². The van der Waals surface area contributed by atoms with Gasteiger partial charge in [-0.15, -0.1) is 0 Å². The van der Waals surface area contributed by atoms with E-state index in [1.165, 1.54) is 28.2 Å². The van der Waals surface area contributed by atoms with Crippen molar-refractivity contribution in [1.29, 1.82) is 0 Å². The molecule has 0 amide bonds. The summed E-state index contributed by atoms with van der Waals surface area (Å²) >= 11 is 0. The molecule has 0 N–H and O–H groups in total. The predicted molar refractivity (Wildman–Crippen MR) is 63.8 cm³/mol. The lowest BCUT2D eigenvalue weighted by Gasteiger charge is -1.96. The standard InChI is InChI=1S/C11H12S2/c1-9-2-4-10(5-3-9)8-11-6-7-12-13-11/h2-5,8H,6-7H2,1H3/b11-8+. The lowest BCUT2D eigenvalue weighted by Crippen LogP contribution is -1.75. The van der Waals surface area contributed by atoms with Gasteiger partial charge in [0.2, 0.25) is 0 Å². The third kappa shape index (κ3) is 2.55. The highest BCUT2D eigenvalue weighted by atomic mass is 33.1. The average Bonchev–Trinajstić information content (AvgIpc) is 2.62. The van der Waals surface area contributed by atoms with E-state index in [9.17, 15) is 0 Å². The van der Waals surface area contributed by atoms with Crippen LogP contribution in [0, 0.1) is 6.92 Å². The van der Waals surface area contributed by atoms with E-state index >= 15 is 0 Å². The summed E-state index contributed by atoms with van der Waals surface area (Å²) < 4.78 is 0. The minimum Gasteiger partial charge on any atom is -0.0889 e. The summed E-state index contributed by atoms with van der Waals surface area (Å²) in [5, 5.41) is 0. The molecule has 1 fully saturated rings. The fourth-order valence-electron chi connectivity index (χ4n) is 1.25. The van der Waals surface area contributed by atoms with E-state index < -0.39 is 0 Å². The van der Waals surface area contributed by atoms with Gasteiger partial charge in [-0.05, 0) is 29.9 Å². The summed E-state index contributed by atoms with van der Waals surface area (Å²) in [5.74, 6) is 1.27. The van der Waals surface area contributed by atoms with Gasteiger partial charge in [0.15, 0.2) is 0 Å². The van der Waals surface area contributed by atoms with E-state index in [0.717, 1.165) is 0 Å². The zero-order chi connectivity index (χ0) is 9.10. The summed E-state index contributed by atoms with van der Waals surface area (Å²) in [6.07, 6.45) is 3.54. The van der Waals surface area contributed by atoms with Crippen LogP contribution in [0.2, 0.25) is 0 Å². The smallest absolute Gasteiger partial charge is 0.00861 e. The van der Waals surface area contributed by atoms with Crippen molar-refractivity contribution in [2.24, 2.45) is 0 Å². The highest BCUT2D eigenvalue weighted by Crippen LogP contribution is 2.41. The van der Waals surface area contributed by atoms with Crippen molar-refractivity contribution in [3.8, 4) is 0 Å². The van der Waals surface area contributed by atoms with E-state index in [2.05, 4.69) is 37.3 Å². The SMILES string of the molecule is Cc1ccc(/C=C2\CCSS2)cc1. The molecule has 1 aromatic carbocycles. The first-order valence-corrected chi connectivity index (χ1v) is 6.73. The first-order valence-electron chi connectivity index (χ1n) is 4.41. The molecule has 1 aliphatic rings. The molecule has 1 heterocycles. The zero-order valence-electron chi connectivity index (χ0n) is 7.62. The molecule has 1 aliphatic heterocycles. The lowest BCUT2D eigenvalue weighted by atomic mass is 10.1.